The molecule has 1 aliphatic rings. The van der Waals surface area contributed by atoms with E-state index in [2.05, 4.69) is 82.4 Å². The highest BCUT2D eigenvalue weighted by Gasteiger charge is 2.30. The van der Waals surface area contributed by atoms with Gasteiger partial charge in [-0.3, -0.25) is 28.8 Å². The summed E-state index contributed by atoms with van der Waals surface area (Å²) in [6, 6.07) is 26.8. The smallest absolute Gasteiger partial charge is 0.442 e. The van der Waals surface area contributed by atoms with Gasteiger partial charge < -0.3 is 93.3 Å². The number of sulfonamides is 1. The van der Waals surface area contributed by atoms with Gasteiger partial charge in [0.2, 0.25) is 23.7 Å². The Bertz CT molecular complexity index is 4910. The number of primary amides is 1. The van der Waals surface area contributed by atoms with Gasteiger partial charge in [0.25, 0.3) is 10.0 Å². The van der Waals surface area contributed by atoms with Crippen molar-refractivity contribution in [1.82, 2.24) is 56.6 Å². The Balaban J connectivity index is 0.732. The molecule has 2 heterocycles. The first-order chi connectivity index (χ1) is 56.2. The lowest BCUT2D eigenvalue weighted by molar-refractivity contribution is -0.137. The maximum absolute atomic E-state index is 15.2. The molecule has 0 fully saturated rings. The second-order valence-corrected chi connectivity index (χ2v) is 32.4. The zero-order chi connectivity index (χ0) is 85.5. The summed E-state index contributed by atoms with van der Waals surface area (Å²) >= 11 is 0. The van der Waals surface area contributed by atoms with Crippen molar-refractivity contribution in [2.45, 2.75) is 94.7 Å². The van der Waals surface area contributed by atoms with E-state index in [-0.39, 0.29) is 96.3 Å². The number of anilines is 7. The Morgan fingerprint density at radius 1 is 0.661 bits per heavy atom. The molecule has 35 nitrogen and oxygen atoms in total. The predicted molar refractivity (Wildman–Crippen MR) is 442 cm³/mol. The van der Waals surface area contributed by atoms with Crippen molar-refractivity contribution in [1.29, 1.82) is 0 Å². The van der Waals surface area contributed by atoms with E-state index in [9.17, 15) is 65.3 Å². The maximum atomic E-state index is 15.2. The summed E-state index contributed by atoms with van der Waals surface area (Å²) in [6.45, 7) is 9.14. The number of nitrogens with one attached hydrogen (secondary N) is 12. The van der Waals surface area contributed by atoms with Crippen molar-refractivity contribution in [3.05, 3.63) is 168 Å². The van der Waals surface area contributed by atoms with Crippen molar-refractivity contribution in [2.24, 2.45) is 16.0 Å². The summed E-state index contributed by atoms with van der Waals surface area (Å²) in [4.78, 5) is 130. The molecule has 0 spiro atoms. The number of hydrogen-bond acceptors (Lipinski definition) is 21. The van der Waals surface area contributed by atoms with Crippen molar-refractivity contribution >= 4 is 114 Å². The minimum atomic E-state index is -4.19. The number of benzene rings is 6. The zero-order valence-electron chi connectivity index (χ0n) is 66.4. The number of rotatable bonds is 37. The predicted octanol–water partition coefficient (Wildman–Crippen LogP) is 8.95. The Labute approximate surface area is 683 Å². The van der Waals surface area contributed by atoms with Gasteiger partial charge in [-0.2, -0.15) is 0 Å². The first-order valence-electron chi connectivity index (χ1n) is 37.9. The number of carboxylic acid groups (broad SMARTS) is 1. The highest BCUT2D eigenvalue weighted by atomic mass is 32.2. The maximum Gasteiger partial charge on any atom is 0.442 e. The molecule has 8 rings (SSSR count). The number of aromatic nitrogens is 2. The molecule has 0 aliphatic carbocycles. The SMILES string of the molecule is CCCNC(=O)Nc1cccc(S(=O)(=O)Nc2cccc(C(CC(=O)O)NC(=O)Nc3ccc(NC(=O)NCCN(C)CCN(C)CCN(C)CC(=O)NC(C(=O)NC(CCCNC(N)=O)C(=O)Nc4ccc(COC(=O)N=S(C)(=O)Cc5cc6cc(c5)OCCCCOc5cc(F)ccc5-c5nc(ncc5F)N6)cc4)C(C)C)cc3)c2)c1. The fraction of sp³-hybridized carbons (Fsp3) is 0.380. The number of amides is 12. The molecule has 4 bridgehead atoms. The quantitative estimate of drug-likeness (QED) is 0.0161. The number of carbonyl (C=O) groups is 9. The van der Waals surface area contributed by atoms with Crippen LogP contribution in [-0.2, 0) is 56.0 Å². The molecule has 118 heavy (non-hydrogen) atoms. The van der Waals surface area contributed by atoms with E-state index in [1.807, 2.05) is 25.9 Å². The van der Waals surface area contributed by atoms with E-state index >= 15 is 4.39 Å². The largest absolute Gasteiger partial charge is 0.494 e. The van der Waals surface area contributed by atoms with Crippen LogP contribution in [0.2, 0.25) is 0 Å². The topological polar surface area (TPSA) is 471 Å². The molecule has 1 aliphatic heterocycles. The van der Waals surface area contributed by atoms with Gasteiger partial charge in [0.1, 0.15) is 41.7 Å². The van der Waals surface area contributed by atoms with Gasteiger partial charge in [-0.15, -0.1) is 4.36 Å². The average Bonchev–Trinajstić information content (AvgIpc) is 0.974. The van der Waals surface area contributed by atoms with Crippen LogP contribution < -0.4 is 78.4 Å². The van der Waals surface area contributed by atoms with Crippen molar-refractivity contribution in [3.63, 3.8) is 0 Å². The normalized spacial score (nSPS) is 13.3. The van der Waals surface area contributed by atoms with Crippen LogP contribution in [0.1, 0.15) is 82.0 Å². The average molecular weight is 1670 g/mol. The van der Waals surface area contributed by atoms with Gasteiger partial charge in [-0.25, -0.2) is 55.3 Å². The van der Waals surface area contributed by atoms with E-state index in [4.69, 9.17) is 19.9 Å². The van der Waals surface area contributed by atoms with Crippen LogP contribution in [0.25, 0.3) is 11.3 Å². The van der Waals surface area contributed by atoms with Gasteiger partial charge in [0.05, 0.1) is 58.8 Å². The van der Waals surface area contributed by atoms with Crippen molar-refractivity contribution in [2.75, 3.05) is 131 Å². The lowest BCUT2D eigenvalue weighted by Crippen LogP contribution is -2.55. The lowest BCUT2D eigenvalue weighted by Gasteiger charge is -2.27. The van der Waals surface area contributed by atoms with Crippen molar-refractivity contribution < 1.29 is 83.9 Å². The number of likely N-dealkylation sites (N-methyl/N-ethyl adjacent to an activating group) is 3. The third-order valence-corrected chi connectivity index (χ3v) is 20.7. The fourth-order valence-corrected chi connectivity index (χ4v) is 14.1. The molecule has 12 amide bonds. The Kier molecular flexibility index (Phi) is 34.5. The fourth-order valence-electron chi connectivity index (χ4n) is 11.8. The molecular formula is C79H101F2N19O16S2. The number of fused-ring (bicyclic) bond motifs is 6. The van der Waals surface area contributed by atoms with Crippen LogP contribution in [0.15, 0.2) is 149 Å². The molecule has 1 aromatic heterocycles. The summed E-state index contributed by atoms with van der Waals surface area (Å²) in [6.07, 6.45) is 2.65. The third-order valence-electron chi connectivity index (χ3n) is 17.9. The van der Waals surface area contributed by atoms with E-state index in [0.717, 1.165) is 12.3 Å². The number of nitrogens with two attached hydrogens (primary N) is 1. The van der Waals surface area contributed by atoms with Crippen LogP contribution in [-0.4, -0.2) is 208 Å². The second kappa shape index (κ2) is 44.7. The number of carbonyl (C=O) groups excluding carboxylic acids is 8. The number of hydrogen-bond donors (Lipinski definition) is 14. The molecule has 6 aromatic carbocycles. The van der Waals surface area contributed by atoms with Crippen LogP contribution >= 0.6 is 0 Å². The number of nitrogens with zero attached hydrogens (tertiary/aromatic N) is 6. The molecule has 4 unspecified atom stereocenters. The Hall–Kier alpha value is -12.3. The molecule has 634 valence electrons. The minimum absolute atomic E-state index is 0.0182. The minimum Gasteiger partial charge on any atom is -0.494 e. The standard InChI is InChI=1S/C79H101F2N19O16S2/c1-8-29-84-76(107)91-58-15-12-17-62(44-58)118(112,113)96-59-16-11-14-53(41-59)66(45-69(102)103)93-78(109)90-57-26-24-56(25-27-57)89-77(108)85-31-32-98(4)33-34-99(5)35-36-100(6)47-68(101)94-70(50(2)3)73(105)92-65(18-13-30-83-74(82)106)72(104)87-55-22-19-51(20-23-55)48-116-79(110)97-117(7,111)49-52-39-60-43-61(40-52)114-37-9-10-38-115-67-42-54(80)21-28-63(67)71-64(81)46-86-75(88-60)95-71/h11-12,14-17,19-28,39-44,46,50,65-66,70,96H,8-10,13,18,29-38,45,47-49H2,1-7H3,(H,87,104)(H,92,105)(H,94,101)(H,102,103)(H3,82,83,106)(H2,84,91,107)(H2,85,89,108)(H,86,88,95)(H2,90,93,109). The van der Waals surface area contributed by atoms with Crippen LogP contribution in [0, 0.1) is 17.6 Å². The third kappa shape index (κ3) is 31.0. The summed E-state index contributed by atoms with van der Waals surface area (Å²) in [5.74, 6) is -4.40. The molecule has 7 aromatic rings. The number of urea groups is 4. The summed E-state index contributed by atoms with van der Waals surface area (Å²) in [5.41, 5.74) is 8.34. The molecule has 39 heteroatoms. The van der Waals surface area contributed by atoms with Crippen molar-refractivity contribution in [3.8, 4) is 22.8 Å². The molecule has 0 saturated heterocycles. The molecule has 4 atom stereocenters. The van der Waals surface area contributed by atoms with E-state index in [1.165, 1.54) is 79.1 Å². The van der Waals surface area contributed by atoms with Crippen LogP contribution in [0.3, 0.4) is 0 Å². The number of aliphatic carboxylic acids is 1. The van der Waals surface area contributed by atoms with Gasteiger partial charge in [0.15, 0.2) is 5.82 Å². The summed E-state index contributed by atoms with van der Waals surface area (Å²) < 4.78 is 93.8. The highest BCUT2D eigenvalue weighted by Crippen LogP contribution is 2.34. The van der Waals surface area contributed by atoms with Gasteiger partial charge in [0, 0.05) is 110 Å². The van der Waals surface area contributed by atoms with E-state index < -0.39 is 116 Å². The second-order valence-electron chi connectivity index (χ2n) is 28.3. The first-order valence-corrected chi connectivity index (χ1v) is 41.5. The highest BCUT2D eigenvalue weighted by molar-refractivity contribution is 7.93. The molecular weight excluding hydrogens is 1570 g/mol. The molecule has 0 radical (unpaired) electrons. The van der Waals surface area contributed by atoms with Crippen LogP contribution in [0.5, 0.6) is 11.5 Å². The zero-order valence-corrected chi connectivity index (χ0v) is 68.1. The van der Waals surface area contributed by atoms with Gasteiger partial charge in [-0.1, -0.05) is 51.1 Å². The number of carboxylic acids is 1. The van der Waals surface area contributed by atoms with E-state index in [1.54, 1.807) is 80.4 Å². The Morgan fingerprint density at radius 2 is 1.30 bits per heavy atom. The number of halogens is 2. The lowest BCUT2D eigenvalue weighted by atomic mass is 10.0. The molecule has 0 saturated carbocycles. The van der Waals surface area contributed by atoms with Gasteiger partial charge >= 0.3 is 36.2 Å². The van der Waals surface area contributed by atoms with Crippen LogP contribution in [0.4, 0.5) is 72.8 Å². The summed E-state index contributed by atoms with van der Waals surface area (Å²) in [5, 5.41) is 39.7. The first kappa shape index (κ1) is 91.2. The van der Waals surface area contributed by atoms with Gasteiger partial charge in [-0.05, 0) is 167 Å². The van der Waals surface area contributed by atoms with E-state index in [0.29, 0.717) is 105 Å². The Morgan fingerprint density at radius 3 is 1.98 bits per heavy atom. The molecule has 15 N–H and O–H groups in total. The monoisotopic (exact) mass is 1670 g/mol. The number of ether oxygens (including phenoxy) is 3. The summed E-state index contributed by atoms with van der Waals surface area (Å²) in [7, 11) is -1.87.